The molecule has 1 saturated heterocycles. The molecule has 0 spiro atoms. The Morgan fingerprint density at radius 2 is 1.83 bits per heavy atom. The van der Waals surface area contributed by atoms with E-state index in [1.165, 1.54) is 0 Å². The molecule has 1 aliphatic rings. The number of carbonyl (C=O) groups is 1. The second kappa shape index (κ2) is 6.02. The number of sulfone groups is 1. The van der Waals surface area contributed by atoms with Gasteiger partial charge < -0.3 is 9.47 Å². The Balaban J connectivity index is 2.44. The lowest BCUT2D eigenvalue weighted by atomic mass is 10.2. The van der Waals surface area contributed by atoms with Gasteiger partial charge in [0.25, 0.3) is 0 Å². The molecule has 0 atom stereocenters. The lowest BCUT2D eigenvalue weighted by Gasteiger charge is -2.23. The summed E-state index contributed by atoms with van der Waals surface area (Å²) in [6, 6.07) is 0. The third-order valence-electron chi connectivity index (χ3n) is 2.69. The highest BCUT2D eigenvalue weighted by Gasteiger charge is 2.28. The molecule has 1 heterocycles. The minimum absolute atomic E-state index is 0.0725. The second-order valence-corrected chi connectivity index (χ2v) is 7.92. The Bertz CT molecular complexity index is 374. The van der Waals surface area contributed by atoms with E-state index in [-0.39, 0.29) is 17.4 Å². The van der Waals surface area contributed by atoms with Gasteiger partial charge in [-0.1, -0.05) is 0 Å². The van der Waals surface area contributed by atoms with Crippen LogP contribution in [0, 0.1) is 0 Å². The Morgan fingerprint density at radius 1 is 1.28 bits per heavy atom. The van der Waals surface area contributed by atoms with Gasteiger partial charge >= 0.3 is 5.97 Å². The van der Waals surface area contributed by atoms with E-state index >= 15 is 0 Å². The van der Waals surface area contributed by atoms with Crippen molar-refractivity contribution >= 4 is 15.8 Å². The first-order valence-electron chi connectivity index (χ1n) is 6.22. The lowest BCUT2D eigenvalue weighted by Crippen LogP contribution is -2.32. The van der Waals surface area contributed by atoms with Gasteiger partial charge in [-0.3, -0.25) is 4.79 Å². The molecule has 0 aromatic rings. The summed E-state index contributed by atoms with van der Waals surface area (Å²) in [4.78, 5) is 11.5. The topological polar surface area (TPSA) is 69.7 Å². The van der Waals surface area contributed by atoms with Crippen molar-refractivity contribution in [2.45, 2.75) is 50.9 Å². The number of carbonyl (C=O) groups excluding carboxylic acids is 1. The standard InChI is InChI=1S/C12H22O5S/c1-12(2,3)17-11(13)6-9-18(14,15)10-4-7-16-8-5-10/h10H,4-9H2,1-3H3. The zero-order valence-electron chi connectivity index (χ0n) is 11.3. The lowest BCUT2D eigenvalue weighted by molar-refractivity contribution is -0.154. The van der Waals surface area contributed by atoms with Gasteiger partial charge in [-0.2, -0.15) is 0 Å². The van der Waals surface area contributed by atoms with Gasteiger partial charge in [-0.05, 0) is 33.6 Å². The van der Waals surface area contributed by atoms with E-state index in [0.29, 0.717) is 26.1 Å². The first kappa shape index (κ1) is 15.4. The van der Waals surface area contributed by atoms with Crippen LogP contribution < -0.4 is 0 Å². The van der Waals surface area contributed by atoms with Gasteiger partial charge in [-0.15, -0.1) is 0 Å². The number of hydrogen-bond acceptors (Lipinski definition) is 5. The van der Waals surface area contributed by atoms with Crippen LogP contribution in [0.5, 0.6) is 0 Å². The summed E-state index contributed by atoms with van der Waals surface area (Å²) in [6.07, 6.45) is 0.976. The fourth-order valence-electron chi connectivity index (χ4n) is 1.82. The fourth-order valence-corrected chi connectivity index (χ4v) is 3.52. The second-order valence-electron chi connectivity index (χ2n) is 5.52. The number of ether oxygens (including phenoxy) is 2. The smallest absolute Gasteiger partial charge is 0.307 e. The minimum atomic E-state index is -3.21. The number of rotatable bonds is 4. The summed E-state index contributed by atoms with van der Waals surface area (Å²) in [5, 5.41) is -0.367. The van der Waals surface area contributed by atoms with Crippen LogP contribution in [0.25, 0.3) is 0 Å². The first-order chi connectivity index (χ1) is 8.21. The van der Waals surface area contributed by atoms with Gasteiger partial charge in [0, 0.05) is 13.2 Å². The Morgan fingerprint density at radius 3 is 2.33 bits per heavy atom. The average molecular weight is 278 g/mol. The molecule has 0 saturated carbocycles. The summed E-state index contributed by atoms with van der Waals surface area (Å²) in [7, 11) is -3.21. The molecule has 0 aromatic heterocycles. The summed E-state index contributed by atoms with van der Waals surface area (Å²) in [5.74, 6) is -0.592. The molecule has 0 bridgehead atoms. The maximum atomic E-state index is 12.0. The van der Waals surface area contributed by atoms with Gasteiger partial charge in [0.1, 0.15) is 5.60 Å². The predicted molar refractivity (Wildman–Crippen MR) is 68.1 cm³/mol. The van der Waals surface area contributed by atoms with Crippen LogP contribution in [0.4, 0.5) is 0 Å². The van der Waals surface area contributed by atoms with Crippen molar-refractivity contribution in [3.63, 3.8) is 0 Å². The van der Waals surface area contributed by atoms with Crippen molar-refractivity contribution in [2.75, 3.05) is 19.0 Å². The van der Waals surface area contributed by atoms with Crippen LogP contribution in [0.15, 0.2) is 0 Å². The molecule has 18 heavy (non-hydrogen) atoms. The van der Waals surface area contributed by atoms with Crippen molar-refractivity contribution in [1.82, 2.24) is 0 Å². The van der Waals surface area contributed by atoms with E-state index in [9.17, 15) is 13.2 Å². The molecular formula is C12H22O5S. The van der Waals surface area contributed by atoms with Crippen molar-refractivity contribution < 1.29 is 22.7 Å². The fraction of sp³-hybridized carbons (Fsp3) is 0.917. The van der Waals surface area contributed by atoms with E-state index in [2.05, 4.69) is 0 Å². The molecule has 1 rings (SSSR count). The highest BCUT2D eigenvalue weighted by molar-refractivity contribution is 7.92. The SMILES string of the molecule is CC(C)(C)OC(=O)CCS(=O)(=O)C1CCOCC1. The van der Waals surface area contributed by atoms with Gasteiger partial charge in [0.05, 0.1) is 17.4 Å². The maximum absolute atomic E-state index is 12.0. The minimum Gasteiger partial charge on any atom is -0.460 e. The monoisotopic (exact) mass is 278 g/mol. The van der Waals surface area contributed by atoms with E-state index in [1.807, 2.05) is 0 Å². The molecule has 0 N–H and O–H groups in total. The van der Waals surface area contributed by atoms with Crippen LogP contribution in [0.1, 0.15) is 40.0 Å². The summed E-state index contributed by atoms with van der Waals surface area (Å²) < 4.78 is 34.2. The molecule has 5 nitrogen and oxygen atoms in total. The van der Waals surface area contributed by atoms with E-state index in [0.717, 1.165) is 0 Å². The Kier molecular flexibility index (Phi) is 5.16. The van der Waals surface area contributed by atoms with E-state index < -0.39 is 21.4 Å². The zero-order chi connectivity index (χ0) is 13.8. The average Bonchev–Trinajstić information content (AvgIpc) is 2.26. The Labute approximate surface area is 109 Å². The van der Waals surface area contributed by atoms with Crippen LogP contribution in [-0.2, 0) is 24.1 Å². The quantitative estimate of drug-likeness (QED) is 0.725. The number of esters is 1. The third-order valence-corrected chi connectivity index (χ3v) is 4.95. The zero-order valence-corrected chi connectivity index (χ0v) is 12.1. The molecule has 6 heteroatoms. The molecule has 0 aliphatic carbocycles. The summed E-state index contributed by atoms with van der Waals surface area (Å²) >= 11 is 0. The normalized spacial score (nSPS) is 18.6. The molecule has 1 aliphatic heterocycles. The highest BCUT2D eigenvalue weighted by Crippen LogP contribution is 2.18. The van der Waals surface area contributed by atoms with Crippen molar-refractivity contribution in [1.29, 1.82) is 0 Å². The van der Waals surface area contributed by atoms with Crippen LogP contribution in [0.2, 0.25) is 0 Å². The largest absolute Gasteiger partial charge is 0.460 e. The van der Waals surface area contributed by atoms with Gasteiger partial charge in [0.15, 0.2) is 9.84 Å². The summed E-state index contributed by atoms with van der Waals surface area (Å²) in [6.45, 7) is 6.25. The molecule has 1 fully saturated rings. The molecule has 0 unspecified atom stereocenters. The van der Waals surface area contributed by atoms with Crippen LogP contribution in [-0.4, -0.2) is 44.2 Å². The van der Waals surface area contributed by atoms with Crippen LogP contribution in [0.3, 0.4) is 0 Å². The van der Waals surface area contributed by atoms with Crippen molar-refractivity contribution in [3.8, 4) is 0 Å². The third kappa shape index (κ3) is 5.35. The van der Waals surface area contributed by atoms with Gasteiger partial charge in [0.2, 0.25) is 0 Å². The molecule has 0 radical (unpaired) electrons. The molecule has 106 valence electrons. The van der Waals surface area contributed by atoms with E-state index in [1.54, 1.807) is 20.8 Å². The van der Waals surface area contributed by atoms with Crippen molar-refractivity contribution in [2.24, 2.45) is 0 Å². The number of hydrogen-bond donors (Lipinski definition) is 0. The maximum Gasteiger partial charge on any atom is 0.307 e. The predicted octanol–water partition coefficient (Wildman–Crippen LogP) is 1.31. The molecule has 0 amide bonds. The first-order valence-corrected chi connectivity index (χ1v) is 7.93. The molecular weight excluding hydrogens is 256 g/mol. The van der Waals surface area contributed by atoms with Crippen LogP contribution >= 0.6 is 0 Å². The van der Waals surface area contributed by atoms with Gasteiger partial charge in [-0.25, -0.2) is 8.42 Å². The van der Waals surface area contributed by atoms with Crippen molar-refractivity contribution in [3.05, 3.63) is 0 Å². The Hall–Kier alpha value is -0.620. The van der Waals surface area contributed by atoms with E-state index in [4.69, 9.17) is 9.47 Å². The summed E-state index contributed by atoms with van der Waals surface area (Å²) in [5.41, 5.74) is -0.570. The molecule has 0 aromatic carbocycles. The highest BCUT2D eigenvalue weighted by atomic mass is 32.2.